The van der Waals surface area contributed by atoms with Crippen molar-refractivity contribution in [3.8, 4) is 0 Å². The van der Waals surface area contributed by atoms with E-state index in [9.17, 15) is 0 Å². The van der Waals surface area contributed by atoms with Crippen molar-refractivity contribution in [1.29, 1.82) is 0 Å². The molecule has 0 N–H and O–H groups in total. The fourth-order valence-electron chi connectivity index (χ4n) is 1.27. The molecule has 11 heavy (non-hydrogen) atoms. The minimum Gasteiger partial charge on any atom is -0.0835 e. The van der Waals surface area contributed by atoms with Gasteiger partial charge in [0, 0.05) is 10.9 Å². The number of rotatable bonds is 0. The van der Waals surface area contributed by atoms with Crippen molar-refractivity contribution in [3.63, 3.8) is 0 Å². The van der Waals surface area contributed by atoms with Crippen molar-refractivity contribution in [3.05, 3.63) is 52.4 Å². The first kappa shape index (κ1) is 7.11. The fraction of sp³-hybridized carbons (Fsp3) is 0.100. The Morgan fingerprint density at radius 1 is 1.27 bits per heavy atom. The lowest BCUT2D eigenvalue weighted by molar-refractivity contribution is 1.19. The van der Waals surface area contributed by atoms with Crippen molar-refractivity contribution in [2.24, 2.45) is 0 Å². The largest absolute Gasteiger partial charge is 0.0835 e. The summed E-state index contributed by atoms with van der Waals surface area (Å²) in [5.74, 6) is 0. The Hall–Kier alpha value is -0.560. The molecule has 0 aromatic heterocycles. The molecule has 1 heteroatoms. The van der Waals surface area contributed by atoms with Crippen LogP contribution in [-0.4, -0.2) is 0 Å². The van der Waals surface area contributed by atoms with Gasteiger partial charge in [0.1, 0.15) is 0 Å². The summed E-state index contributed by atoms with van der Waals surface area (Å²) in [6, 6.07) is 6.41. The van der Waals surface area contributed by atoms with E-state index in [1.54, 1.807) is 0 Å². The molecule has 1 aromatic rings. The van der Waals surface area contributed by atoms with Crippen LogP contribution in [0.5, 0.6) is 0 Å². The molecule has 0 amide bonds. The molecule has 0 nitrogen and oxygen atoms in total. The van der Waals surface area contributed by atoms with Crippen LogP contribution in [0.4, 0.5) is 0 Å². The van der Waals surface area contributed by atoms with Gasteiger partial charge in [-0.1, -0.05) is 34.1 Å². The maximum Gasteiger partial charge on any atom is 0.0178 e. The summed E-state index contributed by atoms with van der Waals surface area (Å²) >= 11 is 3.45. The highest BCUT2D eigenvalue weighted by Gasteiger charge is 2.03. The Bertz CT molecular complexity index is 300. The number of fused-ring (bicyclic) bond motifs is 1. The second kappa shape index (κ2) is 2.82. The molecule has 0 spiro atoms. The first-order valence-electron chi connectivity index (χ1n) is 3.64. The molecule has 0 saturated heterocycles. The molecule has 0 bridgehead atoms. The Kier molecular flexibility index (Phi) is 1.82. The molecule has 0 heterocycles. The Morgan fingerprint density at radius 3 is 3.09 bits per heavy atom. The van der Waals surface area contributed by atoms with E-state index in [0.717, 1.165) is 10.9 Å². The van der Waals surface area contributed by atoms with Crippen molar-refractivity contribution >= 4 is 15.9 Å². The standard InChI is InChI=1S/C10H8Br/c11-10-6-5-8-3-1-2-4-9(8)7-10/h1-2,4-7H,3H2. The zero-order chi connectivity index (χ0) is 7.68. The van der Waals surface area contributed by atoms with Gasteiger partial charge in [0.25, 0.3) is 0 Å². The average molecular weight is 208 g/mol. The normalized spacial score (nSPS) is 14.6. The van der Waals surface area contributed by atoms with E-state index >= 15 is 0 Å². The number of hydrogen-bond donors (Lipinski definition) is 0. The molecule has 0 unspecified atom stereocenters. The van der Waals surface area contributed by atoms with Gasteiger partial charge in [-0.3, -0.25) is 0 Å². The van der Waals surface area contributed by atoms with Crippen molar-refractivity contribution in [1.82, 2.24) is 0 Å². The van der Waals surface area contributed by atoms with Crippen LogP contribution in [0.15, 0.2) is 34.8 Å². The summed E-state index contributed by atoms with van der Waals surface area (Å²) < 4.78 is 1.16. The molecule has 0 fully saturated rings. The van der Waals surface area contributed by atoms with E-state index < -0.39 is 0 Å². The predicted octanol–water partition coefficient (Wildman–Crippen LogP) is 3.11. The summed E-state index contributed by atoms with van der Waals surface area (Å²) in [5.41, 5.74) is 2.75. The minimum atomic E-state index is 1.07. The van der Waals surface area contributed by atoms with E-state index in [2.05, 4.69) is 52.7 Å². The summed E-state index contributed by atoms with van der Waals surface area (Å²) in [7, 11) is 0. The number of benzene rings is 1. The first-order valence-corrected chi connectivity index (χ1v) is 4.44. The van der Waals surface area contributed by atoms with Gasteiger partial charge in [-0.15, -0.1) is 0 Å². The van der Waals surface area contributed by atoms with Gasteiger partial charge in [-0.2, -0.15) is 0 Å². The highest BCUT2D eigenvalue weighted by Crippen LogP contribution is 2.21. The lowest BCUT2D eigenvalue weighted by Gasteiger charge is -2.09. The van der Waals surface area contributed by atoms with Crippen molar-refractivity contribution < 1.29 is 0 Å². The maximum atomic E-state index is 3.45. The van der Waals surface area contributed by atoms with Gasteiger partial charge in [0.15, 0.2) is 0 Å². The molecule has 0 aliphatic heterocycles. The minimum absolute atomic E-state index is 1.07. The zero-order valence-corrected chi connectivity index (χ0v) is 7.64. The van der Waals surface area contributed by atoms with Crippen LogP contribution in [0.3, 0.4) is 0 Å². The van der Waals surface area contributed by atoms with Crippen molar-refractivity contribution in [2.75, 3.05) is 0 Å². The van der Waals surface area contributed by atoms with E-state index in [1.165, 1.54) is 11.1 Å². The SMILES string of the molecule is Brc1ccc2c(c1)[CH]C=CC2. The third-order valence-electron chi connectivity index (χ3n) is 1.86. The van der Waals surface area contributed by atoms with Gasteiger partial charge in [0.05, 0.1) is 0 Å². The topological polar surface area (TPSA) is 0 Å². The summed E-state index contributed by atoms with van der Waals surface area (Å²) in [4.78, 5) is 0. The second-order valence-corrected chi connectivity index (χ2v) is 3.56. The number of hydrogen-bond acceptors (Lipinski definition) is 0. The van der Waals surface area contributed by atoms with Crippen molar-refractivity contribution in [2.45, 2.75) is 6.42 Å². The number of allylic oxidation sites excluding steroid dienone is 2. The molecule has 1 aromatic carbocycles. The summed E-state index contributed by atoms with van der Waals surface area (Å²) in [6.45, 7) is 0. The molecule has 1 aliphatic rings. The van der Waals surface area contributed by atoms with Gasteiger partial charge in [-0.25, -0.2) is 0 Å². The highest BCUT2D eigenvalue weighted by atomic mass is 79.9. The lowest BCUT2D eigenvalue weighted by Crippen LogP contribution is -1.94. The van der Waals surface area contributed by atoms with Gasteiger partial charge >= 0.3 is 0 Å². The highest BCUT2D eigenvalue weighted by molar-refractivity contribution is 9.10. The smallest absolute Gasteiger partial charge is 0.0178 e. The molecule has 0 atom stereocenters. The Labute approximate surface area is 75.1 Å². The van der Waals surface area contributed by atoms with Gasteiger partial charge in [0.2, 0.25) is 0 Å². The lowest BCUT2D eigenvalue weighted by atomic mass is 9.97. The van der Waals surface area contributed by atoms with Crippen LogP contribution < -0.4 is 0 Å². The molecule has 55 valence electrons. The molecule has 1 aliphatic carbocycles. The summed E-state index contributed by atoms with van der Waals surface area (Å²) in [5, 5.41) is 0. The van der Waals surface area contributed by atoms with Crippen LogP contribution in [0.2, 0.25) is 0 Å². The summed E-state index contributed by atoms with van der Waals surface area (Å²) in [6.07, 6.45) is 7.49. The molecular formula is C10H8Br. The predicted molar refractivity (Wildman–Crippen MR) is 50.4 cm³/mol. The van der Waals surface area contributed by atoms with E-state index in [-0.39, 0.29) is 0 Å². The van der Waals surface area contributed by atoms with E-state index in [4.69, 9.17) is 0 Å². The molecule has 2 rings (SSSR count). The van der Waals surface area contributed by atoms with Crippen LogP contribution in [0.25, 0.3) is 0 Å². The van der Waals surface area contributed by atoms with Crippen LogP contribution >= 0.6 is 15.9 Å². The zero-order valence-electron chi connectivity index (χ0n) is 6.05. The van der Waals surface area contributed by atoms with E-state index in [0.29, 0.717) is 0 Å². The van der Waals surface area contributed by atoms with Crippen LogP contribution in [0.1, 0.15) is 11.1 Å². The average Bonchev–Trinajstić information content (AvgIpc) is 2.04. The van der Waals surface area contributed by atoms with E-state index in [1.807, 2.05) is 0 Å². The van der Waals surface area contributed by atoms with Crippen LogP contribution in [-0.2, 0) is 6.42 Å². The maximum absolute atomic E-state index is 3.45. The number of halogens is 1. The third-order valence-corrected chi connectivity index (χ3v) is 2.35. The monoisotopic (exact) mass is 207 g/mol. The Morgan fingerprint density at radius 2 is 2.18 bits per heavy atom. The molecule has 0 saturated carbocycles. The molecular weight excluding hydrogens is 200 g/mol. The van der Waals surface area contributed by atoms with Gasteiger partial charge < -0.3 is 0 Å². The first-order chi connectivity index (χ1) is 5.36. The second-order valence-electron chi connectivity index (χ2n) is 2.64. The van der Waals surface area contributed by atoms with Crippen LogP contribution in [0, 0.1) is 6.42 Å². The Balaban J connectivity index is 2.48. The quantitative estimate of drug-likeness (QED) is 0.614. The van der Waals surface area contributed by atoms with Gasteiger partial charge in [-0.05, 0) is 29.7 Å². The molecule has 1 radical (unpaired) electrons. The third kappa shape index (κ3) is 1.38. The fourth-order valence-corrected chi connectivity index (χ4v) is 1.65.